The highest BCUT2D eigenvalue weighted by atomic mass is 16.3. The van der Waals surface area contributed by atoms with Gasteiger partial charge in [0.1, 0.15) is 0 Å². The van der Waals surface area contributed by atoms with Crippen molar-refractivity contribution in [1.29, 1.82) is 0 Å². The summed E-state index contributed by atoms with van der Waals surface area (Å²) >= 11 is 0. The Bertz CT molecular complexity index is 231. The average molecular weight is 270 g/mol. The third kappa shape index (κ3) is 6.73. The van der Waals surface area contributed by atoms with Crippen molar-refractivity contribution in [2.75, 3.05) is 26.2 Å². The van der Waals surface area contributed by atoms with E-state index in [1.54, 1.807) is 0 Å². The van der Waals surface area contributed by atoms with E-state index in [-0.39, 0.29) is 6.10 Å². The molecule has 2 N–H and O–H groups in total. The van der Waals surface area contributed by atoms with Gasteiger partial charge in [-0.1, -0.05) is 20.8 Å². The molecule has 3 heteroatoms. The second-order valence-corrected chi connectivity index (χ2v) is 6.68. The number of piperidine rings is 1. The van der Waals surface area contributed by atoms with Gasteiger partial charge in [0.05, 0.1) is 6.10 Å². The summed E-state index contributed by atoms with van der Waals surface area (Å²) in [5.41, 5.74) is 0. The fraction of sp³-hybridized carbons (Fsp3) is 1.00. The Balaban J connectivity index is 2.26. The maximum absolute atomic E-state index is 9.93. The molecule has 0 aromatic rings. The van der Waals surface area contributed by atoms with Crippen molar-refractivity contribution in [3.63, 3.8) is 0 Å². The van der Waals surface area contributed by atoms with Crippen LogP contribution in [0.25, 0.3) is 0 Å². The molecule has 0 radical (unpaired) electrons. The number of nitrogens with one attached hydrogen (secondary N) is 1. The summed E-state index contributed by atoms with van der Waals surface area (Å²) in [5.74, 6) is 1.31. The number of rotatable bonds is 8. The quantitative estimate of drug-likeness (QED) is 0.711. The number of aliphatic hydroxyl groups excluding tert-OH is 1. The Hall–Kier alpha value is -0.120. The van der Waals surface area contributed by atoms with Gasteiger partial charge >= 0.3 is 0 Å². The fourth-order valence-electron chi connectivity index (χ4n) is 3.13. The van der Waals surface area contributed by atoms with Crippen molar-refractivity contribution in [3.8, 4) is 0 Å². The van der Waals surface area contributed by atoms with Crippen LogP contribution in [0.3, 0.4) is 0 Å². The highest BCUT2D eigenvalue weighted by molar-refractivity contribution is 4.81. The third-order valence-corrected chi connectivity index (χ3v) is 4.21. The highest BCUT2D eigenvalue weighted by Gasteiger charge is 2.24. The largest absolute Gasteiger partial charge is 0.392 e. The summed E-state index contributed by atoms with van der Waals surface area (Å²) in [6.45, 7) is 13.3. The molecule has 0 aliphatic carbocycles. The summed E-state index contributed by atoms with van der Waals surface area (Å²) in [4.78, 5) is 2.59. The van der Waals surface area contributed by atoms with E-state index in [2.05, 4.69) is 37.9 Å². The second-order valence-electron chi connectivity index (χ2n) is 6.68. The number of likely N-dealkylation sites (tertiary alicyclic amines) is 1. The van der Waals surface area contributed by atoms with Crippen molar-refractivity contribution in [2.45, 2.75) is 65.5 Å². The fourth-order valence-corrected chi connectivity index (χ4v) is 3.13. The van der Waals surface area contributed by atoms with Crippen molar-refractivity contribution in [3.05, 3.63) is 0 Å². The molecule has 3 atom stereocenters. The second kappa shape index (κ2) is 8.93. The third-order valence-electron chi connectivity index (χ3n) is 4.21. The molecule has 1 heterocycles. The molecule has 0 aromatic carbocycles. The molecule has 0 bridgehead atoms. The van der Waals surface area contributed by atoms with Gasteiger partial charge in [-0.05, 0) is 57.5 Å². The predicted molar refractivity (Wildman–Crippen MR) is 82.4 cm³/mol. The number of nitrogens with zero attached hydrogens (tertiary/aromatic N) is 1. The number of aliphatic hydroxyl groups is 1. The van der Waals surface area contributed by atoms with Crippen molar-refractivity contribution >= 4 is 0 Å². The zero-order valence-electron chi connectivity index (χ0n) is 13.4. The molecule has 0 aromatic heterocycles. The summed E-state index contributed by atoms with van der Waals surface area (Å²) in [6.07, 6.45) is 4.60. The van der Waals surface area contributed by atoms with E-state index in [0.717, 1.165) is 18.9 Å². The molecule has 0 spiro atoms. The smallest absolute Gasteiger partial charge is 0.0667 e. The first-order valence-electron chi connectivity index (χ1n) is 8.16. The first kappa shape index (κ1) is 16.9. The maximum atomic E-state index is 9.93. The number of hydrogen-bond donors (Lipinski definition) is 2. The van der Waals surface area contributed by atoms with Gasteiger partial charge in [-0.25, -0.2) is 0 Å². The molecular formula is C16H34N2O. The van der Waals surface area contributed by atoms with E-state index in [1.165, 1.54) is 38.9 Å². The Kier molecular flexibility index (Phi) is 7.96. The van der Waals surface area contributed by atoms with Crippen LogP contribution in [0.5, 0.6) is 0 Å². The minimum Gasteiger partial charge on any atom is -0.392 e. The minimum absolute atomic E-state index is 0.196. The van der Waals surface area contributed by atoms with Crippen LogP contribution >= 0.6 is 0 Å². The summed E-state index contributed by atoms with van der Waals surface area (Å²) in [7, 11) is 0. The van der Waals surface area contributed by atoms with Crippen molar-refractivity contribution < 1.29 is 5.11 Å². The van der Waals surface area contributed by atoms with Gasteiger partial charge in [-0.2, -0.15) is 0 Å². The standard InChI is InChI=1S/C16H34N2O/c1-5-8-18-9-6-7-15(12-18)14(4)17-11-16(19)10-13(2)3/h13-17,19H,5-12H2,1-4H3. The van der Waals surface area contributed by atoms with Crippen LogP contribution < -0.4 is 5.32 Å². The Labute approximate surface area is 119 Å². The van der Waals surface area contributed by atoms with Gasteiger partial charge in [0.25, 0.3) is 0 Å². The van der Waals surface area contributed by atoms with Crippen LogP contribution in [-0.2, 0) is 0 Å². The Morgan fingerprint density at radius 3 is 2.68 bits per heavy atom. The predicted octanol–water partition coefficient (Wildman–Crippen LogP) is 2.49. The van der Waals surface area contributed by atoms with Crippen LogP contribution in [0.4, 0.5) is 0 Å². The van der Waals surface area contributed by atoms with Crippen LogP contribution in [0, 0.1) is 11.8 Å². The lowest BCUT2D eigenvalue weighted by atomic mass is 9.91. The van der Waals surface area contributed by atoms with Crippen molar-refractivity contribution in [2.24, 2.45) is 11.8 Å². The van der Waals surface area contributed by atoms with E-state index < -0.39 is 0 Å². The summed E-state index contributed by atoms with van der Waals surface area (Å²) in [5, 5.41) is 13.5. The normalized spacial score (nSPS) is 24.6. The maximum Gasteiger partial charge on any atom is 0.0667 e. The SMILES string of the molecule is CCCN1CCCC(C(C)NCC(O)CC(C)C)C1. The molecule has 114 valence electrons. The number of hydrogen-bond acceptors (Lipinski definition) is 3. The van der Waals surface area contributed by atoms with E-state index in [9.17, 15) is 5.11 Å². The minimum atomic E-state index is -0.196. The molecule has 0 amide bonds. The molecule has 1 aliphatic rings. The van der Waals surface area contributed by atoms with E-state index in [4.69, 9.17) is 0 Å². The van der Waals surface area contributed by atoms with Crippen molar-refractivity contribution in [1.82, 2.24) is 10.2 Å². The highest BCUT2D eigenvalue weighted by Crippen LogP contribution is 2.20. The molecule has 1 saturated heterocycles. The van der Waals surface area contributed by atoms with Gasteiger partial charge in [-0.3, -0.25) is 0 Å². The monoisotopic (exact) mass is 270 g/mol. The van der Waals surface area contributed by atoms with Gasteiger partial charge in [0.2, 0.25) is 0 Å². The van der Waals surface area contributed by atoms with E-state index in [1.807, 2.05) is 0 Å². The molecule has 1 rings (SSSR count). The van der Waals surface area contributed by atoms with Gasteiger partial charge in [0.15, 0.2) is 0 Å². The van der Waals surface area contributed by atoms with Gasteiger partial charge in [0, 0.05) is 19.1 Å². The topological polar surface area (TPSA) is 35.5 Å². The van der Waals surface area contributed by atoms with Gasteiger partial charge < -0.3 is 15.3 Å². The van der Waals surface area contributed by atoms with E-state index >= 15 is 0 Å². The Morgan fingerprint density at radius 2 is 2.05 bits per heavy atom. The molecule has 3 nitrogen and oxygen atoms in total. The zero-order chi connectivity index (χ0) is 14.3. The first-order chi connectivity index (χ1) is 9.02. The lowest BCUT2D eigenvalue weighted by Crippen LogP contribution is -2.46. The molecular weight excluding hydrogens is 236 g/mol. The van der Waals surface area contributed by atoms with Gasteiger partial charge in [-0.15, -0.1) is 0 Å². The van der Waals surface area contributed by atoms with Crippen LogP contribution in [0.15, 0.2) is 0 Å². The zero-order valence-corrected chi connectivity index (χ0v) is 13.4. The molecule has 19 heavy (non-hydrogen) atoms. The lowest BCUT2D eigenvalue weighted by Gasteiger charge is -2.36. The first-order valence-corrected chi connectivity index (χ1v) is 8.16. The van der Waals surface area contributed by atoms with Crippen LogP contribution in [0.2, 0.25) is 0 Å². The molecule has 1 fully saturated rings. The molecule has 3 unspecified atom stereocenters. The average Bonchev–Trinajstić information content (AvgIpc) is 2.36. The lowest BCUT2D eigenvalue weighted by molar-refractivity contribution is 0.121. The Morgan fingerprint density at radius 1 is 1.32 bits per heavy atom. The summed E-state index contributed by atoms with van der Waals surface area (Å²) < 4.78 is 0. The van der Waals surface area contributed by atoms with Crippen LogP contribution in [0.1, 0.15) is 53.4 Å². The van der Waals surface area contributed by atoms with Crippen LogP contribution in [-0.4, -0.2) is 48.3 Å². The summed E-state index contributed by atoms with van der Waals surface area (Å²) in [6, 6.07) is 0.515. The molecule has 0 saturated carbocycles. The van der Waals surface area contributed by atoms with E-state index in [0.29, 0.717) is 12.0 Å². The molecule has 1 aliphatic heterocycles.